The summed E-state index contributed by atoms with van der Waals surface area (Å²) in [5, 5.41) is 3.60. The van der Waals surface area contributed by atoms with Crippen molar-refractivity contribution in [3.8, 4) is 0 Å². The number of aryl methyl sites for hydroxylation is 1. The molecule has 0 aliphatic carbocycles. The van der Waals surface area contributed by atoms with Gasteiger partial charge in [0.05, 0.1) is 6.61 Å². The Kier molecular flexibility index (Phi) is 7.26. The van der Waals surface area contributed by atoms with Crippen LogP contribution in [0.15, 0.2) is 29.2 Å². The number of esters is 1. The van der Waals surface area contributed by atoms with Gasteiger partial charge in [-0.15, -0.1) is 11.8 Å². The third-order valence-corrected chi connectivity index (χ3v) is 4.46. The Labute approximate surface area is 132 Å². The first kappa shape index (κ1) is 18.1. The van der Waals surface area contributed by atoms with Crippen molar-refractivity contribution in [3.05, 3.63) is 29.8 Å². The van der Waals surface area contributed by atoms with E-state index in [4.69, 9.17) is 4.74 Å². The summed E-state index contributed by atoms with van der Waals surface area (Å²) in [4.78, 5) is 13.4. The largest absolute Gasteiger partial charge is 0.465 e. The highest BCUT2D eigenvalue weighted by atomic mass is 32.2. The van der Waals surface area contributed by atoms with Crippen molar-refractivity contribution in [2.75, 3.05) is 13.2 Å². The second-order valence-electron chi connectivity index (χ2n) is 5.53. The maximum atomic E-state index is 12.2. The number of hydrogen-bond acceptors (Lipinski definition) is 4. The van der Waals surface area contributed by atoms with Gasteiger partial charge in [0.25, 0.3) is 0 Å². The minimum absolute atomic E-state index is 0.164. The molecule has 0 fully saturated rings. The summed E-state index contributed by atoms with van der Waals surface area (Å²) >= 11 is 1.79. The molecule has 0 amide bonds. The molecule has 1 aromatic carbocycles. The molecule has 1 rings (SSSR count). The molecule has 118 valence electrons. The molecule has 1 aromatic rings. The van der Waals surface area contributed by atoms with Crippen LogP contribution >= 0.6 is 11.8 Å². The zero-order valence-corrected chi connectivity index (χ0v) is 14.5. The van der Waals surface area contributed by atoms with Gasteiger partial charge < -0.3 is 10.1 Å². The van der Waals surface area contributed by atoms with E-state index >= 15 is 0 Å². The molecule has 0 saturated carbocycles. The number of carbonyl (C=O) groups excluding carboxylic acids is 1. The Morgan fingerprint density at radius 1 is 1.33 bits per heavy atom. The minimum Gasteiger partial charge on any atom is -0.465 e. The van der Waals surface area contributed by atoms with Crippen molar-refractivity contribution < 1.29 is 9.53 Å². The lowest BCUT2D eigenvalue weighted by atomic mass is 9.96. The Bertz CT molecular complexity index is 447. The summed E-state index contributed by atoms with van der Waals surface area (Å²) in [6.45, 7) is 11.2. The normalized spacial score (nSPS) is 15.3. The molecule has 2 atom stereocenters. The molecule has 2 unspecified atom stereocenters. The smallest absolute Gasteiger partial charge is 0.326 e. The third-order valence-electron chi connectivity index (χ3n) is 3.35. The van der Waals surface area contributed by atoms with Crippen LogP contribution in [0.4, 0.5) is 0 Å². The molecule has 21 heavy (non-hydrogen) atoms. The Hall–Kier alpha value is -1.00. The quantitative estimate of drug-likeness (QED) is 0.585. The van der Waals surface area contributed by atoms with Crippen LogP contribution in [0.1, 0.15) is 39.7 Å². The van der Waals surface area contributed by atoms with Crippen molar-refractivity contribution in [2.24, 2.45) is 0 Å². The summed E-state index contributed by atoms with van der Waals surface area (Å²) in [5.74, 6) is -0.164. The molecule has 1 N–H and O–H groups in total. The van der Waals surface area contributed by atoms with E-state index in [0.29, 0.717) is 11.9 Å². The Morgan fingerprint density at radius 2 is 1.95 bits per heavy atom. The van der Waals surface area contributed by atoms with Gasteiger partial charge in [0.15, 0.2) is 0 Å². The first-order valence-corrected chi connectivity index (χ1v) is 8.44. The lowest BCUT2D eigenvalue weighted by molar-refractivity contribution is -0.150. The molecule has 3 nitrogen and oxygen atoms in total. The first-order chi connectivity index (χ1) is 9.91. The highest BCUT2D eigenvalue weighted by Crippen LogP contribution is 2.29. The van der Waals surface area contributed by atoms with Gasteiger partial charge >= 0.3 is 5.97 Å². The fourth-order valence-electron chi connectivity index (χ4n) is 2.37. The fraction of sp³-hybridized carbons (Fsp3) is 0.588. The Balaban J connectivity index is 2.69. The molecular formula is C17H27NO2S. The van der Waals surface area contributed by atoms with Crippen molar-refractivity contribution in [1.82, 2.24) is 5.32 Å². The van der Waals surface area contributed by atoms with Gasteiger partial charge in [-0.1, -0.05) is 31.5 Å². The van der Waals surface area contributed by atoms with Gasteiger partial charge in [-0.05, 0) is 45.9 Å². The molecule has 0 heterocycles. The van der Waals surface area contributed by atoms with Crippen LogP contribution in [-0.4, -0.2) is 29.9 Å². The predicted octanol–water partition coefficient (Wildman–Crippen LogP) is 3.80. The van der Waals surface area contributed by atoms with Gasteiger partial charge in [0, 0.05) is 10.1 Å². The van der Waals surface area contributed by atoms with E-state index in [1.807, 2.05) is 20.8 Å². The maximum Gasteiger partial charge on any atom is 0.326 e. The van der Waals surface area contributed by atoms with E-state index in [-0.39, 0.29) is 5.97 Å². The molecular weight excluding hydrogens is 282 g/mol. The van der Waals surface area contributed by atoms with E-state index in [1.54, 1.807) is 11.8 Å². The standard InChI is InChI=1S/C17H27NO2S/c1-6-18-17(5,16(19)20-7-2)12-14(4)21-15-10-8-13(3)9-11-15/h8-11,14,18H,6-7,12H2,1-5H3. The second kappa shape index (κ2) is 8.44. The van der Waals surface area contributed by atoms with Gasteiger partial charge in [-0.3, -0.25) is 4.79 Å². The van der Waals surface area contributed by atoms with E-state index < -0.39 is 5.54 Å². The summed E-state index contributed by atoms with van der Waals surface area (Å²) in [6, 6.07) is 8.49. The molecule has 0 aromatic heterocycles. The van der Waals surface area contributed by atoms with E-state index in [0.717, 1.165) is 13.0 Å². The third kappa shape index (κ3) is 5.71. The van der Waals surface area contributed by atoms with Gasteiger partial charge in [-0.2, -0.15) is 0 Å². The van der Waals surface area contributed by atoms with Crippen LogP contribution in [-0.2, 0) is 9.53 Å². The monoisotopic (exact) mass is 309 g/mol. The van der Waals surface area contributed by atoms with Gasteiger partial charge in [0.1, 0.15) is 5.54 Å². The molecule has 4 heteroatoms. The second-order valence-corrected chi connectivity index (χ2v) is 7.04. The van der Waals surface area contributed by atoms with Crippen LogP contribution in [0, 0.1) is 6.92 Å². The number of rotatable bonds is 8. The number of ether oxygens (including phenoxy) is 1. The van der Waals surface area contributed by atoms with E-state index in [1.165, 1.54) is 10.5 Å². The minimum atomic E-state index is -0.623. The summed E-state index contributed by atoms with van der Waals surface area (Å²) in [5.41, 5.74) is 0.637. The molecule has 0 bridgehead atoms. The fourth-order valence-corrected chi connectivity index (χ4v) is 3.55. The average Bonchev–Trinajstić information content (AvgIpc) is 2.41. The number of nitrogens with one attached hydrogen (secondary N) is 1. The number of benzene rings is 1. The first-order valence-electron chi connectivity index (χ1n) is 7.57. The summed E-state index contributed by atoms with van der Waals surface area (Å²) < 4.78 is 5.22. The zero-order valence-electron chi connectivity index (χ0n) is 13.7. The van der Waals surface area contributed by atoms with E-state index in [9.17, 15) is 4.79 Å². The van der Waals surface area contributed by atoms with Gasteiger partial charge in [-0.25, -0.2) is 0 Å². The highest BCUT2D eigenvalue weighted by molar-refractivity contribution is 7.99. The summed E-state index contributed by atoms with van der Waals surface area (Å²) in [7, 11) is 0. The van der Waals surface area contributed by atoms with Crippen LogP contribution in [0.2, 0.25) is 0 Å². The van der Waals surface area contributed by atoms with Crippen molar-refractivity contribution in [3.63, 3.8) is 0 Å². The number of likely N-dealkylation sites (N-methyl/N-ethyl adjacent to an activating group) is 1. The molecule has 0 aliphatic heterocycles. The van der Waals surface area contributed by atoms with E-state index in [2.05, 4.69) is 43.4 Å². The number of hydrogen-bond donors (Lipinski definition) is 1. The van der Waals surface area contributed by atoms with Crippen molar-refractivity contribution in [1.29, 1.82) is 0 Å². The van der Waals surface area contributed by atoms with Crippen LogP contribution in [0.25, 0.3) is 0 Å². The van der Waals surface area contributed by atoms with Crippen molar-refractivity contribution in [2.45, 2.75) is 56.7 Å². The molecule has 0 aliphatic rings. The van der Waals surface area contributed by atoms with Crippen LogP contribution in [0.3, 0.4) is 0 Å². The molecule has 0 radical (unpaired) electrons. The van der Waals surface area contributed by atoms with Gasteiger partial charge in [0.2, 0.25) is 0 Å². The molecule has 0 spiro atoms. The highest BCUT2D eigenvalue weighted by Gasteiger charge is 2.35. The topological polar surface area (TPSA) is 38.3 Å². The average molecular weight is 309 g/mol. The number of carbonyl (C=O) groups is 1. The Morgan fingerprint density at radius 3 is 2.48 bits per heavy atom. The van der Waals surface area contributed by atoms with Crippen molar-refractivity contribution >= 4 is 17.7 Å². The SMILES string of the molecule is CCNC(C)(CC(C)Sc1ccc(C)cc1)C(=O)OCC. The lowest BCUT2D eigenvalue weighted by Gasteiger charge is -2.30. The summed E-state index contributed by atoms with van der Waals surface area (Å²) in [6.07, 6.45) is 0.734. The zero-order chi connectivity index (χ0) is 15.9. The van der Waals surface area contributed by atoms with Crippen LogP contribution in [0.5, 0.6) is 0 Å². The maximum absolute atomic E-state index is 12.2. The van der Waals surface area contributed by atoms with Crippen LogP contribution < -0.4 is 5.32 Å². The number of thioether (sulfide) groups is 1. The lowest BCUT2D eigenvalue weighted by Crippen LogP contribution is -2.51. The predicted molar refractivity (Wildman–Crippen MR) is 89.8 cm³/mol. The molecule has 0 saturated heterocycles.